The van der Waals surface area contributed by atoms with Crippen LogP contribution in [0.15, 0.2) is 238 Å². The molecule has 0 spiro atoms. The fourth-order valence-electron chi connectivity index (χ4n) is 17.9. The molecule has 0 radical (unpaired) electrons. The Kier molecular flexibility index (Phi) is 31.1. The lowest BCUT2D eigenvalue weighted by atomic mass is 9.92. The standard InChI is InChI=1S/C28H27ClN4O3.C27H29ClN4O3.C26H27ClN4O3.C24H25ClN2O3/c1-2-3-16-36-28(34)33-14-11-23-24-18-21(29)7-10-25(24)31-26(23)27(33)20-5-8-22(9-6-20)35-17-4-13-32-15-12-30-19-32;1-18(2)35-27(33)32-13-10-22-23-16-20(28)6-9-24(23)30-25(22)26(32)19-4-7-21(8-5-19)34-15-3-12-31-14-11-29-17-31;1-2-33-26(32)31-13-10-21-22-16-19(27)6-9-23(22)29-24(21)25(31)18-4-7-20(8-5-18)34-15-3-12-30-14-11-28-17-30;1-4-29-24(28)27-12-11-19-20-13-17(25)7-10-21(20)26-22(19)23(27)16-5-8-18(9-6-16)30-14-15(2)3/h5-10,12,15,18-19,27,31H,4,11,13-14,16-17H2,1H3;4-9,11,14,16-18,26,30H,3,10,12-13,15H2,1-2H3;4-9,11,14,16-17,25,29H,2-3,10,12-13,15H2,1H3;5-10,13,23,26H,2,4,11-12,14H2,1,3H3. The SMILES string of the molecule is C=C(C)COc1ccc(C2c3[nH]c4ccc(Cl)cc4c3CCN2C(=O)OCC)cc1.CC#CCOC(=O)N1CCc2c([nH]c3ccc(Cl)cc23)C1c1ccc(OCCCn2ccnc2)cc1.CC(C)OC(=O)N1CCc2c([nH]c3ccc(Cl)cc23)C1c1ccc(OCCCn2ccnc2)cc1.CCOC(=O)N1CCc2c([nH]c3ccc(Cl)cc23)C1c1ccc(OCCCn2ccnc2)cc1. The highest BCUT2D eigenvalue weighted by atomic mass is 35.5. The molecule has 0 bridgehead atoms. The molecule has 11 heterocycles. The lowest BCUT2D eigenvalue weighted by Crippen LogP contribution is -2.41. The summed E-state index contributed by atoms with van der Waals surface area (Å²) >= 11 is 25.1. The molecule has 0 saturated heterocycles. The summed E-state index contributed by atoms with van der Waals surface area (Å²) in [4.78, 5) is 85.1. The van der Waals surface area contributed by atoms with Gasteiger partial charge < -0.3 is 71.5 Å². The van der Waals surface area contributed by atoms with Crippen molar-refractivity contribution in [2.45, 2.75) is 136 Å². The van der Waals surface area contributed by atoms with Gasteiger partial charge in [0.25, 0.3) is 0 Å². The first-order valence-corrected chi connectivity index (χ1v) is 47.1. The van der Waals surface area contributed by atoms with E-state index in [-0.39, 0.29) is 61.3 Å². The zero-order valence-corrected chi connectivity index (χ0v) is 79.2. The Morgan fingerprint density at radius 1 is 0.415 bits per heavy atom. The first-order chi connectivity index (χ1) is 65.7. The van der Waals surface area contributed by atoms with Crippen LogP contribution < -0.4 is 18.9 Å². The number of aromatic nitrogens is 10. The van der Waals surface area contributed by atoms with Crippen molar-refractivity contribution in [3.8, 4) is 34.8 Å². The lowest BCUT2D eigenvalue weighted by molar-refractivity contribution is 0.0654. The van der Waals surface area contributed by atoms with E-state index in [1.165, 1.54) is 22.3 Å². The molecule has 7 aromatic heterocycles. The maximum Gasteiger partial charge on any atom is 0.411 e. The quantitative estimate of drug-likeness (QED) is 0.0170. The van der Waals surface area contributed by atoms with Gasteiger partial charge in [-0.05, 0) is 258 Å². The minimum absolute atomic E-state index is 0.0690. The summed E-state index contributed by atoms with van der Waals surface area (Å²) in [7, 11) is 0. The van der Waals surface area contributed by atoms with Gasteiger partial charge in [-0.1, -0.05) is 107 Å². The number of aryl methyl sites for hydroxylation is 3. The van der Waals surface area contributed by atoms with E-state index in [1.54, 1.807) is 64.1 Å². The van der Waals surface area contributed by atoms with Crippen molar-refractivity contribution in [2.75, 3.05) is 72.4 Å². The molecule has 4 N–H and O–H groups in total. The summed E-state index contributed by atoms with van der Waals surface area (Å²) in [6.45, 7) is 22.8. The van der Waals surface area contributed by atoms with Gasteiger partial charge in [-0.25, -0.2) is 34.1 Å². The number of nitrogens with zero attached hydrogens (tertiary/aromatic N) is 10. The van der Waals surface area contributed by atoms with Crippen molar-refractivity contribution >= 4 is 114 Å². The Hall–Kier alpha value is -13.7. The number of amides is 4. The Morgan fingerprint density at radius 2 is 0.704 bits per heavy atom. The number of carbonyl (C=O) groups excluding carboxylic acids is 4. The second kappa shape index (κ2) is 44.4. The normalized spacial score (nSPS) is 15.3. The minimum Gasteiger partial charge on any atom is -0.494 e. The number of fused-ring (bicyclic) bond motifs is 12. The van der Waals surface area contributed by atoms with Crippen molar-refractivity contribution in [3.05, 3.63) is 326 Å². The second-order valence-electron chi connectivity index (χ2n) is 33.6. The lowest BCUT2D eigenvalue weighted by Gasteiger charge is -2.36. The molecule has 4 aliphatic rings. The van der Waals surface area contributed by atoms with Gasteiger partial charge in [-0.2, -0.15) is 0 Å². The van der Waals surface area contributed by atoms with Crippen molar-refractivity contribution in [1.29, 1.82) is 0 Å². The average molecular weight is 1900 g/mol. The monoisotopic (exact) mass is 1900 g/mol. The number of hydrogen-bond acceptors (Lipinski definition) is 15. The number of benzene rings is 8. The molecule has 19 rings (SSSR count). The first-order valence-electron chi connectivity index (χ1n) is 45.5. The molecule has 4 amide bonds. The molecule has 4 unspecified atom stereocenters. The summed E-state index contributed by atoms with van der Waals surface area (Å²) in [5, 5.41) is 7.20. The van der Waals surface area contributed by atoms with Gasteiger partial charge in [-0.15, -0.1) is 5.92 Å². The van der Waals surface area contributed by atoms with E-state index in [9.17, 15) is 19.2 Å². The number of carbonyl (C=O) groups is 4. The van der Waals surface area contributed by atoms with Gasteiger partial charge in [0, 0.05) is 169 Å². The molecule has 0 saturated carbocycles. The first kappa shape index (κ1) is 94.5. The van der Waals surface area contributed by atoms with E-state index in [0.717, 1.165) is 175 Å². The highest BCUT2D eigenvalue weighted by Gasteiger charge is 2.41. The second-order valence-corrected chi connectivity index (χ2v) is 35.3. The molecule has 8 aromatic carbocycles. The number of imidazole rings is 3. The third-order valence-corrected chi connectivity index (χ3v) is 25.0. The number of aromatic amines is 4. The molecule has 30 heteroatoms. The summed E-state index contributed by atoms with van der Waals surface area (Å²) in [5.74, 6) is 8.72. The van der Waals surface area contributed by atoms with Crippen LogP contribution in [0.4, 0.5) is 19.2 Å². The Balaban J connectivity index is 0.000000131. The minimum atomic E-state index is -0.384. The summed E-state index contributed by atoms with van der Waals surface area (Å²) in [5.41, 5.74) is 17.7. The Bertz CT molecular complexity index is 6640. The molecule has 135 heavy (non-hydrogen) atoms. The molecule has 0 fully saturated rings. The van der Waals surface area contributed by atoms with Gasteiger partial charge >= 0.3 is 24.4 Å². The summed E-state index contributed by atoms with van der Waals surface area (Å²) in [6, 6.07) is 54.0. The Morgan fingerprint density at radius 3 is 0.970 bits per heavy atom. The van der Waals surface area contributed by atoms with Crippen LogP contribution in [0.3, 0.4) is 0 Å². The fourth-order valence-corrected chi connectivity index (χ4v) is 18.6. The average Bonchev–Trinajstić information content (AvgIpc) is 1.62. The van der Waals surface area contributed by atoms with Gasteiger partial charge in [0.15, 0.2) is 6.61 Å². The smallest absolute Gasteiger partial charge is 0.411 e. The van der Waals surface area contributed by atoms with E-state index >= 15 is 0 Å². The number of ether oxygens (including phenoxy) is 8. The van der Waals surface area contributed by atoms with E-state index in [2.05, 4.69) is 53.3 Å². The summed E-state index contributed by atoms with van der Waals surface area (Å²) < 4.78 is 51.4. The van der Waals surface area contributed by atoms with Crippen LogP contribution in [-0.2, 0) is 64.3 Å². The predicted molar refractivity (Wildman–Crippen MR) is 526 cm³/mol. The number of halogens is 4. The molecule has 15 aromatic rings. The van der Waals surface area contributed by atoms with E-state index in [4.69, 9.17) is 84.3 Å². The molecule has 0 aliphatic carbocycles. The van der Waals surface area contributed by atoms with Crippen LogP contribution in [0.25, 0.3) is 43.6 Å². The van der Waals surface area contributed by atoms with E-state index < -0.39 is 0 Å². The van der Waals surface area contributed by atoms with Crippen LogP contribution in [-0.4, -0.2) is 171 Å². The van der Waals surface area contributed by atoms with Gasteiger partial charge in [0.05, 0.1) is 58.1 Å². The van der Waals surface area contributed by atoms with Crippen molar-refractivity contribution < 1.29 is 57.1 Å². The third kappa shape index (κ3) is 22.7. The molecule has 698 valence electrons. The van der Waals surface area contributed by atoms with Gasteiger partial charge in [0.2, 0.25) is 0 Å². The third-order valence-electron chi connectivity index (χ3n) is 24.0. The number of rotatable bonds is 26. The zero-order valence-electron chi connectivity index (χ0n) is 76.2. The van der Waals surface area contributed by atoms with Crippen LogP contribution in [0.1, 0.15) is 152 Å². The van der Waals surface area contributed by atoms with Crippen molar-refractivity contribution in [2.24, 2.45) is 0 Å². The predicted octanol–water partition coefficient (Wildman–Crippen LogP) is 23.0. The van der Waals surface area contributed by atoms with Crippen LogP contribution in [0.5, 0.6) is 23.0 Å². The van der Waals surface area contributed by atoms with Crippen LogP contribution in [0.2, 0.25) is 20.1 Å². The molecular formula is C105H108Cl4N14O12. The molecule has 26 nitrogen and oxygen atoms in total. The fraction of sp³-hybridized carbons (Fsp3) is 0.305. The van der Waals surface area contributed by atoms with Crippen molar-refractivity contribution in [1.82, 2.24) is 68.2 Å². The maximum atomic E-state index is 13.0. The highest BCUT2D eigenvalue weighted by Crippen LogP contribution is 2.46. The topological polar surface area (TPSA) is 272 Å². The number of H-pyrrole nitrogens is 4. The van der Waals surface area contributed by atoms with Gasteiger partial charge in [0.1, 0.15) is 53.8 Å². The Labute approximate surface area is 803 Å². The summed E-state index contributed by atoms with van der Waals surface area (Å²) in [6.07, 6.45) is 20.6. The van der Waals surface area contributed by atoms with Crippen LogP contribution >= 0.6 is 46.4 Å². The number of hydrogen-bond donors (Lipinski definition) is 4. The van der Waals surface area contributed by atoms with E-state index in [0.29, 0.717) is 92.3 Å². The van der Waals surface area contributed by atoms with Gasteiger partial charge in [-0.3, -0.25) is 19.6 Å². The largest absolute Gasteiger partial charge is 0.494 e. The highest BCUT2D eigenvalue weighted by molar-refractivity contribution is 6.32. The van der Waals surface area contributed by atoms with E-state index in [1.807, 2.05) is 237 Å². The molecule has 4 atom stereocenters. The molecular weight excluding hydrogens is 1790 g/mol. The zero-order chi connectivity index (χ0) is 94.0. The molecule has 4 aliphatic heterocycles. The number of nitrogens with one attached hydrogen (secondary N) is 4. The van der Waals surface area contributed by atoms with Crippen molar-refractivity contribution in [3.63, 3.8) is 0 Å². The maximum absolute atomic E-state index is 13.0. The van der Waals surface area contributed by atoms with Crippen LogP contribution in [0, 0.1) is 11.8 Å².